The van der Waals surface area contributed by atoms with Gasteiger partial charge in [0.2, 0.25) is 0 Å². The molecular weight excluding hydrogens is 266 g/mol. The van der Waals surface area contributed by atoms with Crippen molar-refractivity contribution in [3.05, 3.63) is 35.4 Å². The van der Waals surface area contributed by atoms with Crippen LogP contribution in [0, 0.1) is 0 Å². The van der Waals surface area contributed by atoms with Crippen molar-refractivity contribution >= 4 is 15.7 Å². The molecule has 0 fully saturated rings. The Morgan fingerprint density at radius 2 is 2.21 bits per heavy atom. The Labute approximate surface area is 113 Å². The average molecular weight is 285 g/mol. The van der Waals surface area contributed by atoms with E-state index >= 15 is 0 Å². The molecule has 1 rings (SSSR count). The Balaban J connectivity index is 2.42. The Kier molecular flexibility index (Phi) is 5.78. The Bertz CT molecular complexity index is 541. The molecule has 0 amide bonds. The molecule has 4 N–H and O–H groups in total. The minimum Gasteiger partial charge on any atom is -0.409 e. The van der Waals surface area contributed by atoms with Gasteiger partial charge in [-0.25, -0.2) is 8.42 Å². The van der Waals surface area contributed by atoms with Gasteiger partial charge in [0.15, 0.2) is 5.84 Å². The number of nitrogens with one attached hydrogen (secondary N) is 1. The molecular formula is C12H19N3O3S. The molecule has 0 atom stereocenters. The molecule has 106 valence electrons. The van der Waals surface area contributed by atoms with E-state index < -0.39 is 9.84 Å². The number of benzene rings is 1. The van der Waals surface area contributed by atoms with Crippen molar-refractivity contribution in [3.8, 4) is 0 Å². The van der Waals surface area contributed by atoms with Gasteiger partial charge in [-0.05, 0) is 24.6 Å². The minimum atomic E-state index is -2.89. The Morgan fingerprint density at radius 1 is 1.47 bits per heavy atom. The molecule has 0 saturated heterocycles. The zero-order chi connectivity index (χ0) is 14.3. The summed E-state index contributed by atoms with van der Waals surface area (Å²) < 4.78 is 21.9. The van der Waals surface area contributed by atoms with Gasteiger partial charge in [-0.3, -0.25) is 0 Å². The van der Waals surface area contributed by atoms with Gasteiger partial charge in [0.05, 0.1) is 5.75 Å². The molecule has 0 saturated carbocycles. The standard InChI is InChI=1S/C12H19N3O3S/c1-19(17,18)7-3-6-14-9-10-4-2-5-11(8-10)12(13)15-16/h2,4-5,8,14,16H,3,6-7,9H2,1H3,(H2,13,15). The summed E-state index contributed by atoms with van der Waals surface area (Å²) in [6.07, 6.45) is 1.81. The van der Waals surface area contributed by atoms with Crippen LogP contribution in [0.1, 0.15) is 17.5 Å². The third-order valence-corrected chi connectivity index (χ3v) is 3.56. The first-order valence-corrected chi connectivity index (χ1v) is 7.94. The molecule has 0 spiro atoms. The van der Waals surface area contributed by atoms with E-state index in [-0.39, 0.29) is 11.6 Å². The summed E-state index contributed by atoms with van der Waals surface area (Å²) in [6, 6.07) is 7.30. The van der Waals surface area contributed by atoms with E-state index in [2.05, 4.69) is 10.5 Å². The zero-order valence-electron chi connectivity index (χ0n) is 10.8. The van der Waals surface area contributed by atoms with Crippen molar-refractivity contribution in [3.63, 3.8) is 0 Å². The molecule has 1 aromatic carbocycles. The highest BCUT2D eigenvalue weighted by Gasteiger charge is 2.02. The van der Waals surface area contributed by atoms with Crippen LogP contribution in [0.15, 0.2) is 29.4 Å². The van der Waals surface area contributed by atoms with Crippen LogP contribution in [0.5, 0.6) is 0 Å². The van der Waals surface area contributed by atoms with Gasteiger partial charge >= 0.3 is 0 Å². The lowest BCUT2D eigenvalue weighted by molar-refractivity contribution is 0.318. The number of hydrogen-bond acceptors (Lipinski definition) is 5. The van der Waals surface area contributed by atoms with Gasteiger partial charge in [0, 0.05) is 18.4 Å². The molecule has 6 nitrogen and oxygen atoms in total. The van der Waals surface area contributed by atoms with E-state index in [0.29, 0.717) is 25.1 Å². The van der Waals surface area contributed by atoms with E-state index in [4.69, 9.17) is 10.9 Å². The van der Waals surface area contributed by atoms with Gasteiger partial charge in [-0.2, -0.15) is 0 Å². The highest BCUT2D eigenvalue weighted by molar-refractivity contribution is 7.90. The number of rotatable bonds is 7. The zero-order valence-corrected chi connectivity index (χ0v) is 11.7. The second kappa shape index (κ2) is 7.10. The summed E-state index contributed by atoms with van der Waals surface area (Å²) in [6.45, 7) is 1.23. The maximum absolute atomic E-state index is 10.9. The molecule has 0 aromatic heterocycles. The lowest BCUT2D eigenvalue weighted by Gasteiger charge is -2.06. The van der Waals surface area contributed by atoms with Crippen molar-refractivity contribution < 1.29 is 13.6 Å². The number of nitrogens with zero attached hydrogens (tertiary/aromatic N) is 1. The van der Waals surface area contributed by atoms with Crippen LogP contribution in [0.3, 0.4) is 0 Å². The Morgan fingerprint density at radius 3 is 2.84 bits per heavy atom. The maximum Gasteiger partial charge on any atom is 0.170 e. The summed E-state index contributed by atoms with van der Waals surface area (Å²) in [4.78, 5) is 0. The van der Waals surface area contributed by atoms with Gasteiger partial charge in [0.1, 0.15) is 9.84 Å². The molecule has 0 heterocycles. The number of sulfone groups is 1. The van der Waals surface area contributed by atoms with Crippen LogP contribution in [0.2, 0.25) is 0 Å². The van der Waals surface area contributed by atoms with E-state index in [1.54, 1.807) is 6.07 Å². The average Bonchev–Trinajstić information content (AvgIpc) is 2.36. The first kappa shape index (κ1) is 15.5. The fourth-order valence-corrected chi connectivity index (χ4v) is 2.26. The molecule has 0 aliphatic rings. The van der Waals surface area contributed by atoms with E-state index in [9.17, 15) is 8.42 Å². The minimum absolute atomic E-state index is 0.0685. The topological polar surface area (TPSA) is 105 Å². The summed E-state index contributed by atoms with van der Waals surface area (Å²) >= 11 is 0. The van der Waals surface area contributed by atoms with Crippen LogP contribution in [0.25, 0.3) is 0 Å². The fourth-order valence-electron chi connectivity index (χ4n) is 1.59. The number of amidine groups is 1. The summed E-state index contributed by atoms with van der Waals surface area (Å²) in [5, 5.41) is 14.7. The molecule has 0 unspecified atom stereocenters. The molecule has 1 aromatic rings. The predicted octanol–water partition coefficient (Wildman–Crippen LogP) is 0.305. The van der Waals surface area contributed by atoms with Gasteiger partial charge in [0.25, 0.3) is 0 Å². The highest BCUT2D eigenvalue weighted by Crippen LogP contribution is 2.04. The first-order chi connectivity index (χ1) is 8.92. The summed E-state index contributed by atoms with van der Waals surface area (Å²) in [5.74, 6) is 0.253. The van der Waals surface area contributed by atoms with Crippen molar-refractivity contribution in [2.75, 3.05) is 18.6 Å². The van der Waals surface area contributed by atoms with Gasteiger partial charge in [-0.1, -0.05) is 23.4 Å². The molecule has 0 aliphatic carbocycles. The summed E-state index contributed by atoms with van der Waals surface area (Å²) in [5.41, 5.74) is 7.14. The van der Waals surface area contributed by atoms with Crippen LogP contribution in [-0.4, -0.2) is 38.0 Å². The van der Waals surface area contributed by atoms with Gasteiger partial charge < -0.3 is 16.3 Å². The lowest BCUT2D eigenvalue weighted by atomic mass is 10.1. The number of oxime groups is 1. The van der Waals surface area contributed by atoms with E-state index in [1.165, 1.54) is 6.26 Å². The van der Waals surface area contributed by atoms with Crippen molar-refractivity contribution in [1.29, 1.82) is 0 Å². The predicted molar refractivity (Wildman–Crippen MR) is 75.0 cm³/mol. The third kappa shape index (κ3) is 6.21. The molecule has 19 heavy (non-hydrogen) atoms. The lowest BCUT2D eigenvalue weighted by Crippen LogP contribution is -2.18. The van der Waals surface area contributed by atoms with Crippen LogP contribution in [0.4, 0.5) is 0 Å². The first-order valence-electron chi connectivity index (χ1n) is 5.87. The van der Waals surface area contributed by atoms with Crippen molar-refractivity contribution in [2.45, 2.75) is 13.0 Å². The van der Waals surface area contributed by atoms with E-state index in [1.807, 2.05) is 18.2 Å². The monoisotopic (exact) mass is 285 g/mol. The van der Waals surface area contributed by atoms with Crippen molar-refractivity contribution in [1.82, 2.24) is 5.32 Å². The molecule has 7 heteroatoms. The van der Waals surface area contributed by atoms with Gasteiger partial charge in [-0.15, -0.1) is 0 Å². The van der Waals surface area contributed by atoms with Crippen LogP contribution < -0.4 is 11.1 Å². The normalized spacial score (nSPS) is 12.6. The van der Waals surface area contributed by atoms with Crippen LogP contribution in [-0.2, 0) is 16.4 Å². The SMILES string of the molecule is CS(=O)(=O)CCCNCc1cccc(C(N)=NO)c1. The van der Waals surface area contributed by atoms with Crippen LogP contribution >= 0.6 is 0 Å². The quantitative estimate of drug-likeness (QED) is 0.220. The molecule has 0 aliphatic heterocycles. The molecule has 0 bridgehead atoms. The Hall–Kier alpha value is -1.60. The smallest absolute Gasteiger partial charge is 0.170 e. The second-order valence-electron chi connectivity index (χ2n) is 4.35. The third-order valence-electron chi connectivity index (χ3n) is 2.53. The van der Waals surface area contributed by atoms with Crippen molar-refractivity contribution in [2.24, 2.45) is 10.9 Å². The largest absolute Gasteiger partial charge is 0.409 e. The number of hydrogen-bond donors (Lipinski definition) is 3. The second-order valence-corrected chi connectivity index (χ2v) is 6.61. The molecule has 0 radical (unpaired) electrons. The van der Waals surface area contributed by atoms with E-state index in [0.717, 1.165) is 5.56 Å². The number of nitrogens with two attached hydrogens (primary N) is 1. The maximum atomic E-state index is 10.9. The highest BCUT2D eigenvalue weighted by atomic mass is 32.2. The summed E-state index contributed by atoms with van der Waals surface area (Å²) in [7, 11) is -2.89. The fraction of sp³-hybridized carbons (Fsp3) is 0.417.